The zero-order chi connectivity index (χ0) is 21.5. The number of nitro benzene ring substituents is 1. The maximum atomic E-state index is 13.8. The van der Waals surface area contributed by atoms with Crippen LogP contribution in [0.3, 0.4) is 0 Å². The van der Waals surface area contributed by atoms with Crippen LogP contribution < -0.4 is 5.32 Å². The Balaban J connectivity index is 1.62. The van der Waals surface area contributed by atoms with Crippen LogP contribution in [0.25, 0.3) is 5.69 Å². The van der Waals surface area contributed by atoms with Crippen molar-refractivity contribution in [1.29, 1.82) is 0 Å². The number of aromatic nitrogens is 2. The van der Waals surface area contributed by atoms with Gasteiger partial charge >= 0.3 is 6.18 Å². The number of amides is 1. The predicted molar refractivity (Wildman–Crippen MR) is 100 cm³/mol. The highest BCUT2D eigenvalue weighted by Crippen LogP contribution is 2.34. The molecule has 1 aliphatic rings. The van der Waals surface area contributed by atoms with Crippen LogP contribution in [0.15, 0.2) is 54.7 Å². The number of carbonyl (C=O) groups excluding carboxylic acids is 1. The van der Waals surface area contributed by atoms with E-state index in [2.05, 4.69) is 10.4 Å². The fourth-order valence-corrected chi connectivity index (χ4v) is 3.62. The number of hydrogen-bond acceptors (Lipinski definition) is 4. The predicted octanol–water partition coefficient (Wildman–Crippen LogP) is 3.70. The van der Waals surface area contributed by atoms with Crippen molar-refractivity contribution in [3.63, 3.8) is 0 Å². The number of fused-ring (bicyclic) bond motifs is 1. The van der Waals surface area contributed by atoms with Gasteiger partial charge in [-0.3, -0.25) is 14.9 Å². The molecule has 0 spiro atoms. The van der Waals surface area contributed by atoms with Crippen LogP contribution in [0.1, 0.15) is 27.2 Å². The van der Waals surface area contributed by atoms with Crippen molar-refractivity contribution >= 4 is 11.6 Å². The van der Waals surface area contributed by atoms with E-state index in [0.717, 1.165) is 41.6 Å². The summed E-state index contributed by atoms with van der Waals surface area (Å²) in [6.07, 6.45) is -2.91. The molecular formula is C20H15F3N4O3. The third kappa shape index (κ3) is 3.63. The van der Waals surface area contributed by atoms with E-state index in [9.17, 15) is 28.1 Å². The van der Waals surface area contributed by atoms with Gasteiger partial charge in [0.25, 0.3) is 11.6 Å². The molecule has 3 aromatic rings. The summed E-state index contributed by atoms with van der Waals surface area (Å²) >= 11 is 0. The van der Waals surface area contributed by atoms with E-state index in [1.807, 2.05) is 24.3 Å². The Hall–Kier alpha value is -3.69. The maximum Gasteiger partial charge on any atom is 0.434 e. The lowest BCUT2D eigenvalue weighted by atomic mass is 10.1. The molecule has 0 fully saturated rings. The Labute approximate surface area is 168 Å². The largest absolute Gasteiger partial charge is 0.434 e. The number of halogens is 3. The van der Waals surface area contributed by atoms with Gasteiger partial charge in [-0.05, 0) is 36.1 Å². The standard InChI is InChI=1S/C20H15F3N4O3/c21-20(22,23)18-17(11-24-26(18)15-5-7-16(8-6-15)27(29)30)19(28)25-14-9-12-3-1-2-4-13(12)10-14/h1-8,11,14H,9-10H2,(H,25,28). The summed E-state index contributed by atoms with van der Waals surface area (Å²) in [4.78, 5) is 22.8. The molecule has 1 N–H and O–H groups in total. The summed E-state index contributed by atoms with van der Waals surface area (Å²) in [5.74, 6) is -0.867. The number of nitrogens with one attached hydrogen (secondary N) is 1. The Morgan fingerprint density at radius 3 is 2.23 bits per heavy atom. The third-order valence-corrected chi connectivity index (χ3v) is 4.97. The molecule has 0 atom stereocenters. The number of hydrogen-bond donors (Lipinski definition) is 1. The topological polar surface area (TPSA) is 90.1 Å². The van der Waals surface area contributed by atoms with Crippen molar-refractivity contribution in [2.24, 2.45) is 0 Å². The van der Waals surface area contributed by atoms with E-state index >= 15 is 0 Å². The van der Waals surface area contributed by atoms with Crippen LogP contribution in [-0.2, 0) is 19.0 Å². The lowest BCUT2D eigenvalue weighted by Gasteiger charge is -2.15. The molecule has 0 saturated heterocycles. The number of carbonyl (C=O) groups is 1. The zero-order valence-corrected chi connectivity index (χ0v) is 15.4. The summed E-state index contributed by atoms with van der Waals surface area (Å²) in [6, 6.07) is 11.7. The quantitative estimate of drug-likeness (QED) is 0.519. The number of nitrogens with zero attached hydrogens (tertiary/aromatic N) is 3. The smallest absolute Gasteiger partial charge is 0.349 e. The van der Waals surface area contributed by atoms with E-state index in [1.165, 1.54) is 0 Å². The minimum Gasteiger partial charge on any atom is -0.349 e. The van der Waals surface area contributed by atoms with Crippen molar-refractivity contribution in [3.05, 3.63) is 87.2 Å². The van der Waals surface area contributed by atoms with Crippen molar-refractivity contribution in [2.75, 3.05) is 0 Å². The number of rotatable bonds is 4. The molecule has 0 bridgehead atoms. The molecule has 0 unspecified atom stereocenters. The van der Waals surface area contributed by atoms with Crippen LogP contribution in [0, 0.1) is 10.1 Å². The fraction of sp³-hybridized carbons (Fsp3) is 0.200. The molecule has 1 heterocycles. The SMILES string of the molecule is O=C(NC1Cc2ccccc2C1)c1cnn(-c2ccc([N+](=O)[O-])cc2)c1C(F)(F)F. The Bertz CT molecular complexity index is 1100. The van der Waals surface area contributed by atoms with Crippen LogP contribution in [0.2, 0.25) is 0 Å². The first-order valence-electron chi connectivity index (χ1n) is 9.01. The van der Waals surface area contributed by atoms with Gasteiger partial charge < -0.3 is 5.32 Å². The second-order valence-electron chi connectivity index (χ2n) is 6.94. The van der Waals surface area contributed by atoms with Gasteiger partial charge in [0, 0.05) is 18.2 Å². The van der Waals surface area contributed by atoms with Gasteiger partial charge in [-0.1, -0.05) is 24.3 Å². The van der Waals surface area contributed by atoms with Gasteiger partial charge in [0.2, 0.25) is 0 Å². The highest BCUT2D eigenvalue weighted by Gasteiger charge is 2.41. The van der Waals surface area contributed by atoms with E-state index in [1.54, 1.807) is 0 Å². The molecule has 0 radical (unpaired) electrons. The van der Waals surface area contributed by atoms with Crippen molar-refractivity contribution in [1.82, 2.24) is 15.1 Å². The number of benzene rings is 2. The second-order valence-corrected chi connectivity index (χ2v) is 6.94. The Morgan fingerprint density at radius 2 is 1.70 bits per heavy atom. The van der Waals surface area contributed by atoms with E-state index in [0.29, 0.717) is 17.5 Å². The van der Waals surface area contributed by atoms with Crippen molar-refractivity contribution < 1.29 is 22.9 Å². The average Bonchev–Trinajstić information content (AvgIpc) is 3.31. The van der Waals surface area contributed by atoms with E-state index < -0.39 is 28.3 Å². The van der Waals surface area contributed by atoms with Crippen LogP contribution in [0.4, 0.5) is 18.9 Å². The lowest BCUT2D eigenvalue weighted by Crippen LogP contribution is -2.36. The number of non-ortho nitro benzene ring substituents is 1. The summed E-state index contributed by atoms with van der Waals surface area (Å²) in [5, 5.41) is 17.2. The molecule has 4 rings (SSSR count). The van der Waals surface area contributed by atoms with E-state index in [4.69, 9.17) is 0 Å². The molecule has 1 aromatic heterocycles. The lowest BCUT2D eigenvalue weighted by molar-refractivity contribution is -0.384. The summed E-state index contributed by atoms with van der Waals surface area (Å²) < 4.78 is 41.9. The zero-order valence-electron chi connectivity index (χ0n) is 15.4. The molecule has 10 heteroatoms. The molecule has 2 aromatic carbocycles. The minimum atomic E-state index is -4.86. The average molecular weight is 416 g/mol. The molecule has 7 nitrogen and oxygen atoms in total. The second kappa shape index (κ2) is 7.29. The molecule has 30 heavy (non-hydrogen) atoms. The molecule has 1 amide bonds. The summed E-state index contributed by atoms with van der Waals surface area (Å²) in [5.41, 5.74) is -0.0273. The Kier molecular flexibility index (Phi) is 4.76. The fourth-order valence-electron chi connectivity index (χ4n) is 3.62. The minimum absolute atomic E-state index is 0.0414. The normalized spacial score (nSPS) is 13.8. The third-order valence-electron chi connectivity index (χ3n) is 4.97. The van der Waals surface area contributed by atoms with Crippen LogP contribution in [0.5, 0.6) is 0 Å². The maximum absolute atomic E-state index is 13.8. The highest BCUT2D eigenvalue weighted by atomic mass is 19.4. The summed E-state index contributed by atoms with van der Waals surface area (Å²) in [6.45, 7) is 0. The van der Waals surface area contributed by atoms with Gasteiger partial charge in [-0.15, -0.1) is 0 Å². The highest BCUT2D eigenvalue weighted by molar-refractivity contribution is 5.95. The van der Waals surface area contributed by atoms with Gasteiger partial charge in [0.05, 0.1) is 22.4 Å². The van der Waals surface area contributed by atoms with Crippen LogP contribution >= 0.6 is 0 Å². The van der Waals surface area contributed by atoms with Gasteiger partial charge in [0.15, 0.2) is 5.69 Å². The molecule has 154 valence electrons. The van der Waals surface area contributed by atoms with Crippen molar-refractivity contribution in [3.8, 4) is 5.69 Å². The number of alkyl halides is 3. The van der Waals surface area contributed by atoms with Gasteiger partial charge in [0.1, 0.15) is 0 Å². The summed E-state index contributed by atoms with van der Waals surface area (Å²) in [7, 11) is 0. The molecule has 1 aliphatic carbocycles. The number of nitro groups is 1. The first-order valence-corrected chi connectivity index (χ1v) is 9.01. The Morgan fingerprint density at radius 1 is 1.10 bits per heavy atom. The first-order chi connectivity index (χ1) is 14.2. The van der Waals surface area contributed by atoms with Crippen LogP contribution in [-0.4, -0.2) is 26.7 Å². The monoisotopic (exact) mass is 416 g/mol. The molecule has 0 aliphatic heterocycles. The van der Waals surface area contributed by atoms with Gasteiger partial charge in [-0.2, -0.15) is 18.3 Å². The van der Waals surface area contributed by atoms with Gasteiger partial charge in [-0.25, -0.2) is 4.68 Å². The van der Waals surface area contributed by atoms with Crippen molar-refractivity contribution in [2.45, 2.75) is 25.1 Å². The molecule has 0 saturated carbocycles. The first kappa shape index (κ1) is 19.6. The van der Waals surface area contributed by atoms with E-state index in [-0.39, 0.29) is 17.4 Å². The molecular weight excluding hydrogens is 401 g/mol.